The third kappa shape index (κ3) is 4.78. The fraction of sp³-hybridized carbons (Fsp3) is 0.765. The normalized spacial score (nSPS) is 20.8. The largest absolute Gasteiger partial charge is 0.341 e. The molecule has 6 nitrogen and oxygen atoms in total. The molecule has 1 aromatic heterocycles. The van der Waals surface area contributed by atoms with Gasteiger partial charge in [0.2, 0.25) is 5.91 Å². The van der Waals surface area contributed by atoms with Crippen LogP contribution in [0.4, 0.5) is 0 Å². The molecule has 0 saturated carbocycles. The van der Waals surface area contributed by atoms with Gasteiger partial charge in [-0.2, -0.15) is 0 Å². The molecule has 1 aliphatic rings. The van der Waals surface area contributed by atoms with Gasteiger partial charge in [0.05, 0.1) is 22.4 Å². The summed E-state index contributed by atoms with van der Waals surface area (Å²) in [5.41, 5.74) is 2.11. The van der Waals surface area contributed by atoms with Crippen LogP contribution in [0.1, 0.15) is 38.6 Å². The van der Waals surface area contributed by atoms with Crippen LogP contribution in [0.25, 0.3) is 0 Å². The maximum atomic E-state index is 12.7. The summed E-state index contributed by atoms with van der Waals surface area (Å²) in [5.74, 6) is 0.700. The maximum absolute atomic E-state index is 12.7. The van der Waals surface area contributed by atoms with Crippen LogP contribution < -0.4 is 0 Å². The van der Waals surface area contributed by atoms with Gasteiger partial charge in [-0.05, 0) is 33.1 Å². The van der Waals surface area contributed by atoms with Crippen LogP contribution in [0, 0.1) is 19.8 Å². The van der Waals surface area contributed by atoms with E-state index in [1.807, 2.05) is 13.8 Å². The second kappa shape index (κ2) is 7.70. The van der Waals surface area contributed by atoms with E-state index in [0.29, 0.717) is 12.3 Å². The molecule has 25 heavy (non-hydrogen) atoms. The summed E-state index contributed by atoms with van der Waals surface area (Å²) in [4.78, 5) is 19.0. The van der Waals surface area contributed by atoms with Crippen LogP contribution >= 0.6 is 11.8 Å². The first kappa shape index (κ1) is 20.3. The molecule has 0 radical (unpaired) electrons. The molecule has 8 heteroatoms. The quantitative estimate of drug-likeness (QED) is 0.700. The van der Waals surface area contributed by atoms with Crippen molar-refractivity contribution in [2.24, 2.45) is 5.92 Å². The SMILES string of the molecule is Cc1nc(SC(C)C(=O)N(C)C2CCS(=O)(=O)C2)n(CC(C)C)c1C. The molecule has 2 rings (SSSR count). The number of carbonyl (C=O) groups excluding carboxylic acids is 1. The molecule has 0 spiro atoms. The maximum Gasteiger partial charge on any atom is 0.235 e. The third-order valence-electron chi connectivity index (χ3n) is 4.70. The molecule has 1 saturated heterocycles. The molecule has 0 N–H and O–H groups in total. The zero-order valence-electron chi connectivity index (χ0n) is 15.9. The van der Waals surface area contributed by atoms with Crippen molar-refractivity contribution >= 4 is 27.5 Å². The number of amides is 1. The summed E-state index contributed by atoms with van der Waals surface area (Å²) in [5, 5.41) is 0.553. The highest BCUT2D eigenvalue weighted by Crippen LogP contribution is 2.28. The highest BCUT2D eigenvalue weighted by atomic mass is 32.2. The molecule has 2 heterocycles. The lowest BCUT2D eigenvalue weighted by molar-refractivity contribution is -0.130. The number of imidazole rings is 1. The lowest BCUT2D eigenvalue weighted by Crippen LogP contribution is -2.41. The molecule has 1 aromatic rings. The number of thioether (sulfide) groups is 1. The van der Waals surface area contributed by atoms with Gasteiger partial charge in [0.15, 0.2) is 15.0 Å². The van der Waals surface area contributed by atoms with E-state index in [2.05, 4.69) is 30.3 Å². The van der Waals surface area contributed by atoms with Crippen LogP contribution in [0.15, 0.2) is 5.16 Å². The van der Waals surface area contributed by atoms with Gasteiger partial charge < -0.3 is 9.47 Å². The Morgan fingerprint density at radius 1 is 1.36 bits per heavy atom. The van der Waals surface area contributed by atoms with Crippen LogP contribution in [0.3, 0.4) is 0 Å². The number of aromatic nitrogens is 2. The Morgan fingerprint density at radius 3 is 2.52 bits per heavy atom. The van der Waals surface area contributed by atoms with E-state index in [4.69, 9.17) is 0 Å². The molecular formula is C17H29N3O3S2. The number of aryl methyl sites for hydroxylation is 1. The minimum absolute atomic E-state index is 0.0403. The summed E-state index contributed by atoms with van der Waals surface area (Å²) < 4.78 is 25.5. The summed E-state index contributed by atoms with van der Waals surface area (Å²) in [6.07, 6.45) is 0.530. The predicted octanol–water partition coefficient (Wildman–Crippen LogP) is 2.28. The van der Waals surface area contributed by atoms with Crippen LogP contribution in [0.2, 0.25) is 0 Å². The minimum atomic E-state index is -3.00. The van der Waals surface area contributed by atoms with E-state index < -0.39 is 9.84 Å². The van der Waals surface area contributed by atoms with Crippen LogP contribution in [-0.2, 0) is 21.2 Å². The standard InChI is InChI=1S/C17H29N3O3S2/c1-11(2)9-20-13(4)12(3)18-17(20)24-14(5)16(21)19(6)15-7-8-25(22,23)10-15/h11,14-15H,7-10H2,1-6H3. The van der Waals surface area contributed by atoms with Crippen molar-refractivity contribution in [3.63, 3.8) is 0 Å². The van der Waals surface area contributed by atoms with Gasteiger partial charge in [0, 0.05) is 25.3 Å². The smallest absolute Gasteiger partial charge is 0.235 e. The van der Waals surface area contributed by atoms with Gasteiger partial charge in [0.1, 0.15) is 0 Å². The number of nitrogens with zero attached hydrogens (tertiary/aromatic N) is 3. The van der Waals surface area contributed by atoms with E-state index in [-0.39, 0.29) is 28.7 Å². The molecule has 0 aromatic carbocycles. The predicted molar refractivity (Wildman–Crippen MR) is 102 cm³/mol. The van der Waals surface area contributed by atoms with Crippen molar-refractivity contribution in [3.05, 3.63) is 11.4 Å². The monoisotopic (exact) mass is 387 g/mol. The first-order chi connectivity index (χ1) is 11.5. The van der Waals surface area contributed by atoms with E-state index in [0.717, 1.165) is 23.1 Å². The van der Waals surface area contributed by atoms with E-state index >= 15 is 0 Å². The Balaban J connectivity index is 2.10. The second-order valence-corrected chi connectivity index (χ2v) is 10.9. The number of sulfone groups is 1. The fourth-order valence-corrected chi connectivity index (χ4v) is 5.94. The average Bonchev–Trinajstić information content (AvgIpc) is 3.00. The first-order valence-corrected chi connectivity index (χ1v) is 11.4. The van der Waals surface area contributed by atoms with E-state index in [1.54, 1.807) is 11.9 Å². The zero-order valence-corrected chi connectivity index (χ0v) is 17.6. The van der Waals surface area contributed by atoms with Crippen LogP contribution in [0.5, 0.6) is 0 Å². The molecule has 2 atom stereocenters. The Hall–Kier alpha value is -1.02. The van der Waals surface area contributed by atoms with Crippen molar-refractivity contribution < 1.29 is 13.2 Å². The lowest BCUT2D eigenvalue weighted by atomic mass is 10.2. The topological polar surface area (TPSA) is 72.3 Å². The van der Waals surface area contributed by atoms with Gasteiger partial charge >= 0.3 is 0 Å². The van der Waals surface area contributed by atoms with Crippen LogP contribution in [-0.4, -0.2) is 58.6 Å². The van der Waals surface area contributed by atoms with Gasteiger partial charge in [-0.25, -0.2) is 13.4 Å². The van der Waals surface area contributed by atoms with Crippen molar-refractivity contribution in [1.82, 2.24) is 14.5 Å². The molecule has 1 amide bonds. The molecule has 0 aliphatic carbocycles. The molecule has 1 aliphatic heterocycles. The summed E-state index contributed by atoms with van der Waals surface area (Å²) >= 11 is 1.45. The number of rotatable bonds is 6. The van der Waals surface area contributed by atoms with E-state index in [9.17, 15) is 13.2 Å². The summed E-state index contributed by atoms with van der Waals surface area (Å²) in [7, 11) is -1.29. The van der Waals surface area contributed by atoms with Gasteiger partial charge in [-0.3, -0.25) is 4.79 Å². The van der Waals surface area contributed by atoms with Gasteiger partial charge in [0.25, 0.3) is 0 Å². The Bertz CT molecular complexity index is 741. The van der Waals surface area contributed by atoms with Crippen molar-refractivity contribution in [1.29, 1.82) is 0 Å². The van der Waals surface area contributed by atoms with Crippen molar-refractivity contribution in [2.45, 2.75) is 64.0 Å². The number of hydrogen-bond donors (Lipinski definition) is 0. The van der Waals surface area contributed by atoms with Gasteiger partial charge in [-0.1, -0.05) is 25.6 Å². The van der Waals surface area contributed by atoms with Crippen molar-refractivity contribution in [3.8, 4) is 0 Å². The second-order valence-electron chi connectivity index (χ2n) is 7.34. The minimum Gasteiger partial charge on any atom is -0.341 e. The summed E-state index contributed by atoms with van der Waals surface area (Å²) in [6, 6.07) is -0.209. The Morgan fingerprint density at radius 2 is 2.00 bits per heavy atom. The molecular weight excluding hydrogens is 358 g/mol. The highest BCUT2D eigenvalue weighted by Gasteiger charge is 2.34. The average molecular weight is 388 g/mol. The molecule has 142 valence electrons. The number of hydrogen-bond acceptors (Lipinski definition) is 5. The molecule has 0 bridgehead atoms. The number of carbonyl (C=O) groups is 1. The third-order valence-corrected chi connectivity index (χ3v) is 7.53. The molecule has 2 unspecified atom stereocenters. The Labute approximate surface area is 155 Å². The van der Waals surface area contributed by atoms with E-state index in [1.165, 1.54) is 11.8 Å². The Kier molecular flexibility index (Phi) is 6.25. The molecule has 1 fully saturated rings. The summed E-state index contributed by atoms with van der Waals surface area (Å²) in [6.45, 7) is 11.1. The van der Waals surface area contributed by atoms with Crippen molar-refractivity contribution in [2.75, 3.05) is 18.6 Å². The highest BCUT2D eigenvalue weighted by molar-refractivity contribution is 8.00. The fourth-order valence-electron chi connectivity index (χ4n) is 3.05. The first-order valence-electron chi connectivity index (χ1n) is 8.69. The van der Waals surface area contributed by atoms with Gasteiger partial charge in [-0.15, -0.1) is 0 Å². The zero-order chi connectivity index (χ0) is 18.9. The lowest BCUT2D eigenvalue weighted by Gasteiger charge is -2.26.